The Balaban J connectivity index is 1.52. The van der Waals surface area contributed by atoms with E-state index in [9.17, 15) is 30.6 Å². The van der Waals surface area contributed by atoms with Crippen molar-refractivity contribution in [3.63, 3.8) is 0 Å². The van der Waals surface area contributed by atoms with Crippen LogP contribution >= 0.6 is 0 Å². The summed E-state index contributed by atoms with van der Waals surface area (Å²) in [5.41, 5.74) is -1.59. The van der Waals surface area contributed by atoms with Gasteiger partial charge in [-0.2, -0.15) is 0 Å². The molecule has 3 heterocycles. The molecule has 4 rings (SSSR count). The first-order valence-corrected chi connectivity index (χ1v) is 7.73. The minimum Gasteiger partial charge on any atom is -0.472 e. The van der Waals surface area contributed by atoms with Gasteiger partial charge in [0.15, 0.2) is 6.29 Å². The van der Waals surface area contributed by atoms with Gasteiger partial charge < -0.3 is 49.6 Å². The fourth-order valence-corrected chi connectivity index (χ4v) is 3.72. The number of hydrogen-bond donors (Lipinski definition) is 6. The quantitative estimate of drug-likeness (QED) is 0.279. The van der Waals surface area contributed by atoms with Crippen molar-refractivity contribution in [3.05, 3.63) is 12.3 Å². The third kappa shape index (κ3) is 2.23. The molecule has 0 radical (unpaired) electrons. The zero-order valence-electron chi connectivity index (χ0n) is 12.5. The van der Waals surface area contributed by atoms with Crippen LogP contribution in [0, 0.1) is 5.92 Å². The maximum Gasteiger partial charge on any atom is 0.210 e. The Morgan fingerprint density at radius 3 is 2.42 bits per heavy atom. The zero-order chi connectivity index (χ0) is 17.2. The summed E-state index contributed by atoms with van der Waals surface area (Å²) in [5.74, 6) is -0.755. The van der Waals surface area contributed by atoms with Gasteiger partial charge in [0.2, 0.25) is 6.29 Å². The Labute approximate surface area is 136 Å². The normalized spacial score (nSPS) is 58.8. The van der Waals surface area contributed by atoms with Crippen molar-refractivity contribution in [3.8, 4) is 0 Å². The number of hydrogen-bond acceptors (Lipinski definition) is 10. The molecule has 6 N–H and O–H groups in total. The molecule has 11 unspecified atom stereocenters. The van der Waals surface area contributed by atoms with E-state index in [2.05, 4.69) is 0 Å². The van der Waals surface area contributed by atoms with Gasteiger partial charge in [-0.1, -0.05) is 0 Å². The summed E-state index contributed by atoms with van der Waals surface area (Å²) < 4.78 is 21.4. The summed E-state index contributed by atoms with van der Waals surface area (Å²) in [7, 11) is 0. The Morgan fingerprint density at radius 1 is 0.958 bits per heavy atom. The fraction of sp³-hybridized carbons (Fsp3) is 0.857. The predicted octanol–water partition coefficient (Wildman–Crippen LogP) is -3.84. The molecule has 0 aromatic carbocycles. The molecule has 0 aromatic rings. The van der Waals surface area contributed by atoms with E-state index in [0.717, 1.165) is 0 Å². The molecule has 11 atom stereocenters. The van der Waals surface area contributed by atoms with E-state index in [1.165, 1.54) is 12.3 Å². The van der Waals surface area contributed by atoms with Crippen LogP contribution in [0.1, 0.15) is 0 Å². The van der Waals surface area contributed by atoms with E-state index in [4.69, 9.17) is 18.9 Å². The topological polar surface area (TPSA) is 162 Å². The SMILES string of the molecule is OCC1OC(OC2OC=CC3(O)C(O)C4OC4C23)C(O)C(O)C1O. The average Bonchev–Trinajstić information content (AvgIpc) is 3.30. The van der Waals surface area contributed by atoms with Crippen LogP contribution in [-0.2, 0) is 18.9 Å². The fourth-order valence-electron chi connectivity index (χ4n) is 3.72. The van der Waals surface area contributed by atoms with Crippen LogP contribution in [0.15, 0.2) is 12.3 Å². The second kappa shape index (κ2) is 5.59. The van der Waals surface area contributed by atoms with Gasteiger partial charge in [-0.05, 0) is 6.08 Å². The van der Waals surface area contributed by atoms with E-state index < -0.39 is 73.4 Å². The van der Waals surface area contributed by atoms with Crippen LogP contribution in [0.3, 0.4) is 0 Å². The van der Waals surface area contributed by atoms with Crippen molar-refractivity contribution in [1.29, 1.82) is 0 Å². The lowest BCUT2D eigenvalue weighted by Gasteiger charge is -2.44. The lowest BCUT2D eigenvalue weighted by molar-refractivity contribution is -0.347. The summed E-state index contributed by atoms with van der Waals surface area (Å²) in [4.78, 5) is 0. The number of fused-ring (bicyclic) bond motifs is 3. The molecule has 1 saturated carbocycles. The molecule has 0 aromatic heterocycles. The minimum atomic E-state index is -1.59. The van der Waals surface area contributed by atoms with Gasteiger partial charge in [0.1, 0.15) is 42.2 Å². The molecule has 10 nitrogen and oxygen atoms in total. The van der Waals surface area contributed by atoms with Crippen LogP contribution in [0.4, 0.5) is 0 Å². The van der Waals surface area contributed by atoms with E-state index >= 15 is 0 Å². The molecule has 0 spiro atoms. The first-order chi connectivity index (χ1) is 11.4. The smallest absolute Gasteiger partial charge is 0.210 e. The summed E-state index contributed by atoms with van der Waals surface area (Å²) in [6.45, 7) is -0.587. The largest absolute Gasteiger partial charge is 0.472 e. The molecule has 1 aliphatic carbocycles. The van der Waals surface area contributed by atoms with Crippen LogP contribution in [-0.4, -0.2) is 98.2 Å². The molecule has 0 amide bonds. The van der Waals surface area contributed by atoms with Gasteiger partial charge in [-0.3, -0.25) is 0 Å². The van der Waals surface area contributed by atoms with Gasteiger partial charge in [0, 0.05) is 0 Å². The highest BCUT2D eigenvalue weighted by Gasteiger charge is 2.72. The lowest BCUT2D eigenvalue weighted by Crippen LogP contribution is -2.61. The molecule has 136 valence electrons. The van der Waals surface area contributed by atoms with Gasteiger partial charge in [0.25, 0.3) is 0 Å². The average molecular weight is 348 g/mol. The number of ether oxygens (including phenoxy) is 4. The van der Waals surface area contributed by atoms with Gasteiger partial charge >= 0.3 is 0 Å². The standard InChI is InChI=1S/C14H20O10/c15-3-4-6(16)7(17)8(18)13(22-4)24-12-5-9-10(23-9)11(19)14(5,20)1-2-21-12/h1-2,4-13,15-20H,3H2. The van der Waals surface area contributed by atoms with Crippen LogP contribution < -0.4 is 0 Å². The van der Waals surface area contributed by atoms with E-state index in [1.807, 2.05) is 0 Å². The molecular formula is C14H20O10. The second-order valence-corrected chi connectivity index (χ2v) is 6.56. The summed E-state index contributed by atoms with van der Waals surface area (Å²) in [5, 5.41) is 59.5. The molecule has 4 aliphatic rings. The second-order valence-electron chi connectivity index (χ2n) is 6.56. The van der Waals surface area contributed by atoms with Gasteiger partial charge in [-0.15, -0.1) is 0 Å². The predicted molar refractivity (Wildman–Crippen MR) is 72.0 cm³/mol. The first kappa shape index (κ1) is 16.6. The number of epoxide rings is 1. The Hall–Kier alpha value is -0.820. The van der Waals surface area contributed by atoms with Crippen LogP contribution in [0.5, 0.6) is 0 Å². The third-order valence-electron chi connectivity index (χ3n) is 5.19. The molecule has 24 heavy (non-hydrogen) atoms. The highest BCUT2D eigenvalue weighted by molar-refractivity contribution is 5.25. The summed E-state index contributed by atoms with van der Waals surface area (Å²) in [6, 6.07) is 0. The lowest BCUT2D eigenvalue weighted by atomic mass is 9.86. The van der Waals surface area contributed by atoms with E-state index in [-0.39, 0.29) is 0 Å². The summed E-state index contributed by atoms with van der Waals surface area (Å²) in [6.07, 6.45) is -7.94. The molecule has 10 heteroatoms. The van der Waals surface area contributed by atoms with Gasteiger partial charge in [-0.25, -0.2) is 0 Å². The maximum absolute atomic E-state index is 10.6. The molecule has 3 fully saturated rings. The molecular weight excluding hydrogens is 328 g/mol. The Bertz CT molecular complexity index is 526. The van der Waals surface area contributed by atoms with Crippen molar-refractivity contribution in [2.45, 2.75) is 60.9 Å². The van der Waals surface area contributed by atoms with Crippen LogP contribution in [0.2, 0.25) is 0 Å². The maximum atomic E-state index is 10.6. The van der Waals surface area contributed by atoms with Crippen molar-refractivity contribution in [2.24, 2.45) is 5.92 Å². The summed E-state index contributed by atoms with van der Waals surface area (Å²) >= 11 is 0. The Kier molecular flexibility index (Phi) is 3.88. The number of rotatable bonds is 3. The zero-order valence-corrected chi connectivity index (χ0v) is 12.5. The van der Waals surface area contributed by atoms with Crippen molar-refractivity contribution >= 4 is 0 Å². The van der Waals surface area contributed by atoms with Crippen molar-refractivity contribution in [2.75, 3.05) is 6.61 Å². The van der Waals surface area contributed by atoms with Gasteiger partial charge in [0.05, 0.1) is 24.9 Å². The number of aliphatic hydroxyl groups excluding tert-OH is 5. The third-order valence-corrected chi connectivity index (χ3v) is 5.19. The Morgan fingerprint density at radius 2 is 1.71 bits per heavy atom. The van der Waals surface area contributed by atoms with Crippen molar-refractivity contribution in [1.82, 2.24) is 0 Å². The molecule has 2 saturated heterocycles. The minimum absolute atomic E-state index is 0.468. The molecule has 0 bridgehead atoms. The van der Waals surface area contributed by atoms with Crippen molar-refractivity contribution < 1.29 is 49.6 Å². The first-order valence-electron chi connectivity index (χ1n) is 7.73. The molecule has 3 aliphatic heterocycles. The van der Waals surface area contributed by atoms with Crippen LogP contribution in [0.25, 0.3) is 0 Å². The highest BCUT2D eigenvalue weighted by Crippen LogP contribution is 2.53. The van der Waals surface area contributed by atoms with E-state index in [0.29, 0.717) is 0 Å². The number of aliphatic hydroxyl groups is 6. The monoisotopic (exact) mass is 348 g/mol. The highest BCUT2D eigenvalue weighted by atomic mass is 16.8. The van der Waals surface area contributed by atoms with E-state index in [1.54, 1.807) is 0 Å².